The third kappa shape index (κ3) is 7.16. The van der Waals surface area contributed by atoms with Crippen molar-refractivity contribution in [2.45, 2.75) is 45.7 Å². The highest BCUT2D eigenvalue weighted by Crippen LogP contribution is 2.22. The summed E-state index contributed by atoms with van der Waals surface area (Å²) in [6.07, 6.45) is 3.26. The van der Waals surface area contributed by atoms with Crippen molar-refractivity contribution in [3.63, 3.8) is 0 Å². The van der Waals surface area contributed by atoms with Crippen LogP contribution >= 0.6 is 0 Å². The number of aromatic nitrogens is 4. The largest absolute Gasteiger partial charge is 0.481 e. The normalized spacial score (nSPS) is 10.8. The van der Waals surface area contributed by atoms with Crippen molar-refractivity contribution >= 4 is 17.6 Å². The highest BCUT2D eigenvalue weighted by molar-refractivity contribution is 5.66. The summed E-state index contributed by atoms with van der Waals surface area (Å²) in [5, 5.41) is 11.9. The summed E-state index contributed by atoms with van der Waals surface area (Å²) in [6, 6.07) is 20.2. The van der Waals surface area contributed by atoms with Crippen molar-refractivity contribution in [1.82, 2.24) is 19.1 Å². The number of nitrogens with one attached hydrogen (secondary N) is 1. The van der Waals surface area contributed by atoms with Gasteiger partial charge in [0.2, 0.25) is 11.8 Å². The summed E-state index contributed by atoms with van der Waals surface area (Å²) < 4.78 is 8.26. The van der Waals surface area contributed by atoms with E-state index < -0.39 is 17.3 Å². The van der Waals surface area contributed by atoms with Gasteiger partial charge in [-0.3, -0.25) is 9.36 Å². The van der Waals surface area contributed by atoms with Gasteiger partial charge in [-0.25, -0.2) is 19.1 Å². The Labute approximate surface area is 219 Å². The first-order chi connectivity index (χ1) is 18.4. The molecule has 0 fully saturated rings. The first-order valence-corrected chi connectivity index (χ1v) is 12.3. The van der Waals surface area contributed by atoms with Gasteiger partial charge in [0.05, 0.1) is 6.54 Å². The van der Waals surface area contributed by atoms with E-state index in [4.69, 9.17) is 9.84 Å². The van der Waals surface area contributed by atoms with Crippen molar-refractivity contribution in [1.29, 1.82) is 0 Å². The number of hydrogen-bond acceptors (Lipinski definition) is 7. The van der Waals surface area contributed by atoms with Gasteiger partial charge in [0.1, 0.15) is 5.75 Å². The summed E-state index contributed by atoms with van der Waals surface area (Å²) >= 11 is 0. The average Bonchev–Trinajstić information content (AvgIpc) is 2.90. The number of unbranched alkanes of at least 4 members (excludes halogenated alkanes) is 2. The molecule has 0 radical (unpaired) electrons. The van der Waals surface area contributed by atoms with Gasteiger partial charge in [0, 0.05) is 30.9 Å². The molecule has 10 heteroatoms. The van der Waals surface area contributed by atoms with Crippen LogP contribution in [0.4, 0.5) is 11.6 Å². The van der Waals surface area contributed by atoms with Crippen molar-refractivity contribution < 1.29 is 14.6 Å². The van der Waals surface area contributed by atoms with Gasteiger partial charge in [-0.05, 0) is 55.7 Å². The molecule has 0 unspecified atom stereocenters. The molecule has 0 aliphatic carbocycles. The van der Waals surface area contributed by atoms with E-state index in [1.165, 1.54) is 4.57 Å². The molecule has 2 aromatic heterocycles. The number of carboxylic acids is 1. The Morgan fingerprint density at radius 3 is 2.39 bits per heavy atom. The molecule has 0 saturated carbocycles. The fourth-order valence-corrected chi connectivity index (χ4v) is 3.82. The highest BCUT2D eigenvalue weighted by atomic mass is 16.5. The number of hydrogen-bond donors (Lipinski definition) is 2. The van der Waals surface area contributed by atoms with Gasteiger partial charge in [0.15, 0.2) is 0 Å². The van der Waals surface area contributed by atoms with Crippen LogP contribution in [-0.2, 0) is 17.9 Å². The highest BCUT2D eigenvalue weighted by Gasteiger charge is 2.14. The molecule has 0 saturated heterocycles. The maximum absolute atomic E-state index is 13.4. The SMILES string of the molecule is Cc1ccc(Cn2c(Nc3ccc(Oc4ccccn4)cc3)nc(=O)n(CCCCCC(=O)O)c2=O)cc1. The number of ether oxygens (including phenoxy) is 1. The Hall–Kier alpha value is -4.73. The molecule has 4 rings (SSSR count). The topological polar surface area (TPSA) is 128 Å². The lowest BCUT2D eigenvalue weighted by Crippen LogP contribution is -2.42. The molecule has 196 valence electrons. The van der Waals surface area contributed by atoms with Gasteiger partial charge < -0.3 is 15.2 Å². The molecule has 0 amide bonds. The number of aryl methyl sites for hydroxylation is 1. The lowest BCUT2D eigenvalue weighted by Gasteiger charge is -2.16. The minimum absolute atomic E-state index is 0.0549. The van der Waals surface area contributed by atoms with E-state index in [0.717, 1.165) is 15.7 Å². The summed E-state index contributed by atoms with van der Waals surface area (Å²) in [7, 11) is 0. The predicted octanol–water partition coefficient (Wildman–Crippen LogP) is 4.34. The molecular formula is C28H29N5O5. The summed E-state index contributed by atoms with van der Waals surface area (Å²) in [5.74, 6) is 0.308. The van der Waals surface area contributed by atoms with E-state index >= 15 is 0 Å². The molecule has 0 bridgehead atoms. The van der Waals surface area contributed by atoms with Crippen LogP contribution in [0.1, 0.15) is 36.8 Å². The van der Waals surface area contributed by atoms with E-state index in [1.807, 2.05) is 37.3 Å². The maximum atomic E-state index is 13.4. The second-order valence-corrected chi connectivity index (χ2v) is 8.85. The van der Waals surface area contributed by atoms with E-state index in [9.17, 15) is 14.4 Å². The van der Waals surface area contributed by atoms with Crippen LogP contribution < -0.4 is 21.4 Å². The standard InChI is InChI=1S/C28H29N5O5/c1-20-9-11-21(12-10-20)19-33-26(31-27(36)32(28(33)37)18-6-2-3-8-25(34)35)30-22-13-15-23(16-14-22)38-24-7-4-5-17-29-24/h4-5,7,9-17H,2-3,6,8,18-19H2,1H3,(H,34,35)(H,30,31,36). The first kappa shape index (κ1) is 26.3. The fourth-order valence-electron chi connectivity index (χ4n) is 3.82. The Balaban J connectivity index is 1.57. The van der Waals surface area contributed by atoms with E-state index in [1.54, 1.807) is 42.6 Å². The number of pyridine rings is 1. The Bertz CT molecular complexity index is 1480. The van der Waals surface area contributed by atoms with Crippen LogP contribution in [0.2, 0.25) is 0 Å². The quantitative estimate of drug-likeness (QED) is 0.267. The number of nitrogens with zero attached hydrogens (tertiary/aromatic N) is 4. The molecular weight excluding hydrogens is 486 g/mol. The second kappa shape index (κ2) is 12.5. The monoisotopic (exact) mass is 515 g/mol. The van der Waals surface area contributed by atoms with Crippen LogP contribution in [0.3, 0.4) is 0 Å². The molecule has 38 heavy (non-hydrogen) atoms. The summed E-state index contributed by atoms with van der Waals surface area (Å²) in [6.45, 7) is 2.36. The van der Waals surface area contributed by atoms with Crippen molar-refractivity contribution in [2.24, 2.45) is 0 Å². The predicted molar refractivity (Wildman–Crippen MR) is 143 cm³/mol. The van der Waals surface area contributed by atoms with Gasteiger partial charge in [-0.2, -0.15) is 4.98 Å². The number of carboxylic acid groups (broad SMARTS) is 1. The molecule has 0 aliphatic rings. The lowest BCUT2D eigenvalue weighted by molar-refractivity contribution is -0.137. The van der Waals surface area contributed by atoms with Gasteiger partial charge in [0.25, 0.3) is 0 Å². The van der Waals surface area contributed by atoms with Crippen LogP contribution in [-0.4, -0.2) is 30.2 Å². The zero-order chi connectivity index (χ0) is 26.9. The third-order valence-corrected chi connectivity index (χ3v) is 5.85. The minimum atomic E-state index is -0.865. The van der Waals surface area contributed by atoms with Crippen molar-refractivity contribution in [3.8, 4) is 11.6 Å². The van der Waals surface area contributed by atoms with E-state index in [0.29, 0.717) is 36.6 Å². The number of rotatable bonds is 12. The fraction of sp³-hybridized carbons (Fsp3) is 0.250. The second-order valence-electron chi connectivity index (χ2n) is 8.85. The van der Waals surface area contributed by atoms with Crippen molar-refractivity contribution in [3.05, 3.63) is 105 Å². The minimum Gasteiger partial charge on any atom is -0.481 e. The molecule has 0 aliphatic heterocycles. The lowest BCUT2D eigenvalue weighted by atomic mass is 10.1. The zero-order valence-electron chi connectivity index (χ0n) is 21.0. The molecule has 2 aromatic carbocycles. The number of aliphatic carboxylic acids is 1. The Kier molecular flexibility index (Phi) is 8.65. The Morgan fingerprint density at radius 2 is 1.71 bits per heavy atom. The number of anilines is 2. The molecule has 4 aromatic rings. The first-order valence-electron chi connectivity index (χ1n) is 12.3. The third-order valence-electron chi connectivity index (χ3n) is 5.85. The maximum Gasteiger partial charge on any atom is 0.354 e. The zero-order valence-corrected chi connectivity index (χ0v) is 21.0. The van der Waals surface area contributed by atoms with Gasteiger partial charge in [-0.15, -0.1) is 0 Å². The average molecular weight is 516 g/mol. The molecule has 0 spiro atoms. The molecule has 10 nitrogen and oxygen atoms in total. The van der Waals surface area contributed by atoms with Crippen molar-refractivity contribution in [2.75, 3.05) is 5.32 Å². The number of carbonyl (C=O) groups is 1. The molecule has 0 atom stereocenters. The van der Waals surface area contributed by atoms with Crippen LogP contribution in [0.5, 0.6) is 11.6 Å². The smallest absolute Gasteiger partial charge is 0.354 e. The van der Waals surface area contributed by atoms with Crippen LogP contribution in [0.15, 0.2) is 82.5 Å². The number of benzene rings is 2. The van der Waals surface area contributed by atoms with Crippen LogP contribution in [0, 0.1) is 6.92 Å². The van der Waals surface area contributed by atoms with Gasteiger partial charge >= 0.3 is 17.3 Å². The summed E-state index contributed by atoms with van der Waals surface area (Å²) in [4.78, 5) is 45.3. The Morgan fingerprint density at radius 1 is 0.947 bits per heavy atom. The summed E-state index contributed by atoms with van der Waals surface area (Å²) in [5.41, 5.74) is 1.45. The van der Waals surface area contributed by atoms with Crippen LogP contribution in [0.25, 0.3) is 0 Å². The molecule has 2 N–H and O–H groups in total. The van der Waals surface area contributed by atoms with Gasteiger partial charge in [-0.1, -0.05) is 42.3 Å². The molecule has 2 heterocycles. The van der Waals surface area contributed by atoms with E-state index in [-0.39, 0.29) is 25.5 Å². The van der Waals surface area contributed by atoms with E-state index in [2.05, 4.69) is 15.3 Å².